The van der Waals surface area contributed by atoms with Crippen molar-refractivity contribution in [1.82, 2.24) is 15.0 Å². The van der Waals surface area contributed by atoms with Crippen LogP contribution in [0.3, 0.4) is 0 Å². The van der Waals surface area contributed by atoms with Gasteiger partial charge in [0.1, 0.15) is 0 Å². The van der Waals surface area contributed by atoms with Gasteiger partial charge in [-0.25, -0.2) is 0 Å². The molecule has 1 amide bonds. The second-order valence-corrected chi connectivity index (χ2v) is 4.03. The molecule has 2 N–H and O–H groups in total. The van der Waals surface area contributed by atoms with Crippen molar-refractivity contribution in [2.75, 3.05) is 33.2 Å². The van der Waals surface area contributed by atoms with Gasteiger partial charge in [-0.3, -0.25) is 4.79 Å². The summed E-state index contributed by atoms with van der Waals surface area (Å²) in [6, 6.07) is 1.63. The van der Waals surface area contributed by atoms with Crippen LogP contribution in [0.4, 0.5) is 0 Å². The summed E-state index contributed by atoms with van der Waals surface area (Å²) in [7, 11) is 2.03. The molecule has 1 fully saturated rings. The van der Waals surface area contributed by atoms with Crippen molar-refractivity contribution in [3.05, 3.63) is 18.0 Å². The molecule has 0 aliphatic carbocycles. The predicted octanol–water partition coefficient (Wildman–Crippen LogP) is -0.610. The molecule has 1 aliphatic rings. The van der Waals surface area contributed by atoms with Crippen LogP contribution in [0.15, 0.2) is 16.8 Å². The van der Waals surface area contributed by atoms with Gasteiger partial charge in [0.25, 0.3) is 5.91 Å². The van der Waals surface area contributed by atoms with Gasteiger partial charge < -0.3 is 20.1 Å². The molecule has 1 unspecified atom stereocenters. The van der Waals surface area contributed by atoms with Crippen molar-refractivity contribution in [2.45, 2.75) is 6.04 Å². The summed E-state index contributed by atoms with van der Waals surface area (Å²) in [5.74, 6) is 0.157. The molecule has 1 atom stereocenters. The van der Waals surface area contributed by atoms with Crippen LogP contribution in [0.1, 0.15) is 10.6 Å². The molecule has 6 nitrogen and oxygen atoms in total. The maximum atomic E-state index is 12.1. The Labute approximate surface area is 94.0 Å². The van der Waals surface area contributed by atoms with Crippen LogP contribution in [0.25, 0.3) is 0 Å². The second kappa shape index (κ2) is 4.63. The monoisotopic (exact) mass is 224 g/mol. The summed E-state index contributed by atoms with van der Waals surface area (Å²) in [6.07, 6.45) is 1.47. The normalized spacial score (nSPS) is 22.4. The summed E-state index contributed by atoms with van der Waals surface area (Å²) in [4.78, 5) is 16.0. The van der Waals surface area contributed by atoms with Crippen LogP contribution in [0, 0.1) is 0 Å². The summed E-state index contributed by atoms with van der Waals surface area (Å²) in [6.45, 7) is 2.80. The fourth-order valence-corrected chi connectivity index (χ4v) is 1.95. The quantitative estimate of drug-likeness (QED) is 0.725. The van der Waals surface area contributed by atoms with Crippen LogP contribution < -0.4 is 5.73 Å². The highest BCUT2D eigenvalue weighted by molar-refractivity contribution is 5.91. The summed E-state index contributed by atoms with van der Waals surface area (Å²) in [5, 5.41) is 3.54. The maximum Gasteiger partial charge on any atom is 0.292 e. The average molecular weight is 224 g/mol. The maximum absolute atomic E-state index is 12.1. The largest absolute Gasteiger partial charge is 0.351 e. The fraction of sp³-hybridized carbons (Fsp3) is 0.600. The molecule has 0 saturated carbocycles. The molecule has 88 valence electrons. The number of hydrogen-bond donors (Lipinski definition) is 1. The van der Waals surface area contributed by atoms with E-state index in [9.17, 15) is 4.79 Å². The molecule has 0 aromatic carbocycles. The Kier molecular flexibility index (Phi) is 3.21. The van der Waals surface area contributed by atoms with Crippen molar-refractivity contribution in [2.24, 2.45) is 5.73 Å². The molecule has 0 bridgehead atoms. The number of nitrogens with two attached hydrogens (primary N) is 1. The first-order valence-electron chi connectivity index (χ1n) is 5.32. The Bertz CT molecular complexity index is 352. The fourth-order valence-electron chi connectivity index (χ4n) is 1.95. The highest BCUT2D eigenvalue weighted by Gasteiger charge is 2.30. The highest BCUT2D eigenvalue weighted by atomic mass is 16.5. The van der Waals surface area contributed by atoms with Crippen molar-refractivity contribution in [1.29, 1.82) is 0 Å². The number of likely N-dealkylation sites (N-methyl/N-ethyl adjacent to an activating group) is 1. The third-order valence-electron chi connectivity index (χ3n) is 2.87. The number of carbonyl (C=O) groups excluding carboxylic acids is 1. The van der Waals surface area contributed by atoms with Crippen LogP contribution in [0.2, 0.25) is 0 Å². The number of carbonyl (C=O) groups is 1. The number of piperazine rings is 1. The van der Waals surface area contributed by atoms with Gasteiger partial charge >= 0.3 is 0 Å². The van der Waals surface area contributed by atoms with E-state index in [0.717, 1.165) is 13.1 Å². The number of aromatic nitrogens is 1. The minimum atomic E-state index is -0.124. The first-order chi connectivity index (χ1) is 7.72. The minimum absolute atomic E-state index is 0.0522. The summed E-state index contributed by atoms with van der Waals surface area (Å²) in [5.41, 5.74) is 5.68. The Morgan fingerprint density at radius 1 is 1.69 bits per heavy atom. The molecule has 0 radical (unpaired) electrons. The predicted molar refractivity (Wildman–Crippen MR) is 57.9 cm³/mol. The Hall–Kier alpha value is -1.40. The lowest BCUT2D eigenvalue weighted by molar-refractivity contribution is 0.0477. The molecule has 1 saturated heterocycles. The Balaban J connectivity index is 2.10. The zero-order chi connectivity index (χ0) is 11.5. The van der Waals surface area contributed by atoms with Crippen molar-refractivity contribution < 1.29 is 9.32 Å². The average Bonchev–Trinajstić information content (AvgIpc) is 2.81. The first kappa shape index (κ1) is 11.1. The van der Waals surface area contributed by atoms with Gasteiger partial charge in [-0.2, -0.15) is 0 Å². The Morgan fingerprint density at radius 3 is 3.12 bits per heavy atom. The zero-order valence-corrected chi connectivity index (χ0v) is 9.30. The summed E-state index contributed by atoms with van der Waals surface area (Å²) >= 11 is 0. The lowest BCUT2D eigenvalue weighted by atomic mass is 10.1. The lowest BCUT2D eigenvalue weighted by Gasteiger charge is -2.38. The highest BCUT2D eigenvalue weighted by Crippen LogP contribution is 2.12. The van der Waals surface area contributed by atoms with Gasteiger partial charge in [0.2, 0.25) is 5.76 Å². The number of nitrogens with zero attached hydrogens (tertiary/aromatic N) is 3. The van der Waals surface area contributed by atoms with Gasteiger partial charge in [0, 0.05) is 32.2 Å². The van der Waals surface area contributed by atoms with Crippen LogP contribution >= 0.6 is 0 Å². The molecule has 0 spiro atoms. The lowest BCUT2D eigenvalue weighted by Crippen LogP contribution is -2.56. The van der Waals surface area contributed by atoms with E-state index < -0.39 is 0 Å². The van der Waals surface area contributed by atoms with E-state index in [-0.39, 0.29) is 17.7 Å². The van der Waals surface area contributed by atoms with Crippen LogP contribution in [-0.4, -0.2) is 60.1 Å². The molecular weight excluding hydrogens is 208 g/mol. The van der Waals surface area contributed by atoms with E-state index in [4.69, 9.17) is 10.3 Å². The van der Waals surface area contributed by atoms with E-state index in [2.05, 4.69) is 10.1 Å². The molecule has 1 aromatic rings. The van der Waals surface area contributed by atoms with E-state index in [1.54, 1.807) is 11.0 Å². The van der Waals surface area contributed by atoms with Crippen LogP contribution in [0.5, 0.6) is 0 Å². The second-order valence-electron chi connectivity index (χ2n) is 4.03. The SMILES string of the molecule is CN1CCN(C(=O)c2ccno2)C(CN)C1. The molecule has 1 aliphatic heterocycles. The third kappa shape index (κ3) is 2.07. The third-order valence-corrected chi connectivity index (χ3v) is 2.87. The Morgan fingerprint density at radius 2 is 2.50 bits per heavy atom. The minimum Gasteiger partial charge on any atom is -0.351 e. The molecule has 6 heteroatoms. The molecule has 16 heavy (non-hydrogen) atoms. The first-order valence-corrected chi connectivity index (χ1v) is 5.32. The van der Waals surface area contributed by atoms with Crippen molar-refractivity contribution in [3.8, 4) is 0 Å². The molecule has 2 rings (SSSR count). The van der Waals surface area contributed by atoms with Gasteiger partial charge in [0.05, 0.1) is 12.2 Å². The standard InChI is InChI=1S/C10H16N4O2/c1-13-4-5-14(8(6-11)7-13)10(15)9-2-3-12-16-9/h2-3,8H,4-7,11H2,1H3. The van der Waals surface area contributed by atoms with Gasteiger partial charge in [-0.1, -0.05) is 5.16 Å². The van der Waals surface area contributed by atoms with Crippen molar-refractivity contribution >= 4 is 5.91 Å². The van der Waals surface area contributed by atoms with Crippen molar-refractivity contribution in [3.63, 3.8) is 0 Å². The molecule has 1 aromatic heterocycles. The van der Waals surface area contributed by atoms with Gasteiger partial charge in [-0.15, -0.1) is 0 Å². The van der Waals surface area contributed by atoms with Gasteiger partial charge in [-0.05, 0) is 7.05 Å². The van der Waals surface area contributed by atoms with E-state index in [0.29, 0.717) is 13.1 Å². The summed E-state index contributed by atoms with van der Waals surface area (Å²) < 4.78 is 4.87. The zero-order valence-electron chi connectivity index (χ0n) is 9.30. The number of hydrogen-bond acceptors (Lipinski definition) is 5. The van der Waals surface area contributed by atoms with Gasteiger partial charge in [0.15, 0.2) is 0 Å². The molecule has 2 heterocycles. The molecular formula is C10H16N4O2. The smallest absolute Gasteiger partial charge is 0.292 e. The number of rotatable bonds is 2. The van der Waals surface area contributed by atoms with E-state index >= 15 is 0 Å². The van der Waals surface area contributed by atoms with E-state index in [1.807, 2.05) is 7.05 Å². The van der Waals surface area contributed by atoms with E-state index in [1.165, 1.54) is 6.20 Å². The number of amides is 1. The van der Waals surface area contributed by atoms with Crippen LogP contribution in [-0.2, 0) is 0 Å². The topological polar surface area (TPSA) is 75.6 Å².